The van der Waals surface area contributed by atoms with Crippen LogP contribution in [-0.4, -0.2) is 31.5 Å². The van der Waals surface area contributed by atoms with Crippen LogP contribution in [0.1, 0.15) is 26.3 Å². The maximum atomic E-state index is 13.1. The quantitative estimate of drug-likeness (QED) is 0.437. The van der Waals surface area contributed by atoms with Gasteiger partial charge in [0.15, 0.2) is 9.84 Å². The van der Waals surface area contributed by atoms with Crippen molar-refractivity contribution in [3.8, 4) is 0 Å². The minimum Gasteiger partial charge on any atom is -0.348 e. The number of carbonyl (C=O) groups excluding carboxylic acids is 2. The van der Waals surface area contributed by atoms with Gasteiger partial charge in [0.05, 0.1) is 10.5 Å². The average molecular weight is 478 g/mol. The van der Waals surface area contributed by atoms with Gasteiger partial charge in [-0.3, -0.25) is 14.6 Å². The van der Waals surface area contributed by atoms with Gasteiger partial charge in [-0.15, -0.1) is 0 Å². The van der Waals surface area contributed by atoms with Gasteiger partial charge in [0.1, 0.15) is 5.82 Å². The Morgan fingerprint density at radius 2 is 1.68 bits per heavy atom. The van der Waals surface area contributed by atoms with E-state index in [0.29, 0.717) is 11.3 Å². The molecule has 1 aromatic heterocycles. The zero-order valence-corrected chi connectivity index (χ0v) is 18.9. The van der Waals surface area contributed by atoms with Gasteiger partial charge < -0.3 is 10.6 Å². The molecule has 2 N–H and O–H groups in total. The zero-order valence-electron chi connectivity index (χ0n) is 18.1. The molecular formula is C25H20FN3O4S. The summed E-state index contributed by atoms with van der Waals surface area (Å²) in [5.41, 5.74) is 1.12. The standard InChI is InChI=1S/C25H20FN3O4S/c1-34(32,33)23-9-5-18(24(30)28-14-16-2-6-20(26)7-3-16)13-22(23)25(31)29-21-8-4-19-15-27-11-10-17(19)12-21/h2-13,15H,14H2,1H3,(H,28,30)(H,29,31). The van der Waals surface area contributed by atoms with E-state index in [1.165, 1.54) is 30.3 Å². The van der Waals surface area contributed by atoms with Crippen molar-refractivity contribution in [1.82, 2.24) is 10.3 Å². The van der Waals surface area contributed by atoms with Gasteiger partial charge in [0, 0.05) is 41.8 Å². The van der Waals surface area contributed by atoms with Crippen molar-refractivity contribution in [2.75, 3.05) is 11.6 Å². The van der Waals surface area contributed by atoms with Gasteiger partial charge in [-0.25, -0.2) is 12.8 Å². The molecule has 0 atom stereocenters. The van der Waals surface area contributed by atoms with Crippen molar-refractivity contribution in [2.45, 2.75) is 11.4 Å². The highest BCUT2D eigenvalue weighted by atomic mass is 32.2. The van der Waals surface area contributed by atoms with E-state index in [-0.39, 0.29) is 28.4 Å². The summed E-state index contributed by atoms with van der Waals surface area (Å²) < 4.78 is 37.6. The molecule has 2 amide bonds. The van der Waals surface area contributed by atoms with Gasteiger partial charge in [-0.05, 0) is 59.5 Å². The highest BCUT2D eigenvalue weighted by molar-refractivity contribution is 7.90. The molecule has 0 unspecified atom stereocenters. The Morgan fingerprint density at radius 1 is 0.912 bits per heavy atom. The molecule has 0 aliphatic rings. The lowest BCUT2D eigenvalue weighted by molar-refractivity contribution is 0.0951. The molecule has 0 saturated carbocycles. The zero-order chi connectivity index (χ0) is 24.3. The van der Waals surface area contributed by atoms with E-state index in [0.717, 1.165) is 17.0 Å². The Balaban J connectivity index is 1.59. The van der Waals surface area contributed by atoms with E-state index in [1.807, 2.05) is 0 Å². The minimum atomic E-state index is -3.74. The predicted molar refractivity (Wildman–Crippen MR) is 127 cm³/mol. The third-order valence-electron chi connectivity index (χ3n) is 5.15. The summed E-state index contributed by atoms with van der Waals surface area (Å²) in [5.74, 6) is -1.55. The van der Waals surface area contributed by atoms with Crippen LogP contribution in [-0.2, 0) is 16.4 Å². The van der Waals surface area contributed by atoms with Crippen molar-refractivity contribution in [3.63, 3.8) is 0 Å². The number of rotatable bonds is 6. The number of nitrogens with zero attached hydrogens (tertiary/aromatic N) is 1. The first-order valence-electron chi connectivity index (χ1n) is 10.2. The number of amides is 2. The predicted octanol–water partition coefficient (Wildman–Crippen LogP) is 3.96. The van der Waals surface area contributed by atoms with Crippen molar-refractivity contribution >= 4 is 38.1 Å². The summed E-state index contributed by atoms with van der Waals surface area (Å²) in [4.78, 5) is 29.6. The number of sulfone groups is 1. The summed E-state index contributed by atoms with van der Waals surface area (Å²) in [6.45, 7) is 0.139. The van der Waals surface area contributed by atoms with Crippen molar-refractivity contribution in [3.05, 3.63) is 102 Å². The largest absolute Gasteiger partial charge is 0.348 e. The van der Waals surface area contributed by atoms with Crippen molar-refractivity contribution in [2.24, 2.45) is 0 Å². The maximum Gasteiger partial charge on any atom is 0.257 e. The number of benzene rings is 3. The SMILES string of the molecule is CS(=O)(=O)c1ccc(C(=O)NCc2ccc(F)cc2)cc1C(=O)Nc1ccc2cnccc2c1. The molecule has 0 radical (unpaired) electrons. The molecule has 9 heteroatoms. The fourth-order valence-electron chi connectivity index (χ4n) is 3.42. The highest BCUT2D eigenvalue weighted by Crippen LogP contribution is 2.22. The van der Waals surface area contributed by atoms with Crippen LogP contribution >= 0.6 is 0 Å². The monoisotopic (exact) mass is 477 g/mol. The number of aromatic nitrogens is 1. The maximum absolute atomic E-state index is 13.1. The number of anilines is 1. The fraction of sp³-hybridized carbons (Fsp3) is 0.0800. The second kappa shape index (κ2) is 9.40. The van der Waals surface area contributed by atoms with Crippen molar-refractivity contribution in [1.29, 1.82) is 0 Å². The number of fused-ring (bicyclic) bond motifs is 1. The first-order valence-corrected chi connectivity index (χ1v) is 12.1. The number of nitrogens with one attached hydrogen (secondary N) is 2. The van der Waals surface area contributed by atoms with Crippen LogP contribution < -0.4 is 10.6 Å². The van der Waals surface area contributed by atoms with Crippen LogP contribution in [0.4, 0.5) is 10.1 Å². The summed E-state index contributed by atoms with van der Waals surface area (Å²) in [6, 6.07) is 16.5. The van der Waals surface area contributed by atoms with Gasteiger partial charge in [-0.1, -0.05) is 18.2 Å². The van der Waals surface area contributed by atoms with E-state index in [1.54, 1.807) is 48.8 Å². The minimum absolute atomic E-state index is 0.115. The molecular weight excluding hydrogens is 457 g/mol. The number of halogens is 1. The van der Waals surface area contributed by atoms with Gasteiger partial charge in [-0.2, -0.15) is 0 Å². The molecule has 3 aromatic carbocycles. The summed E-state index contributed by atoms with van der Waals surface area (Å²) >= 11 is 0. The topological polar surface area (TPSA) is 105 Å². The van der Waals surface area contributed by atoms with E-state index in [9.17, 15) is 22.4 Å². The van der Waals surface area contributed by atoms with Crippen LogP contribution in [0.5, 0.6) is 0 Å². The Bertz CT molecular complexity index is 1500. The lowest BCUT2D eigenvalue weighted by Crippen LogP contribution is -2.24. The molecule has 172 valence electrons. The smallest absolute Gasteiger partial charge is 0.257 e. The van der Waals surface area contributed by atoms with Gasteiger partial charge in [0.25, 0.3) is 11.8 Å². The first-order chi connectivity index (χ1) is 16.2. The third-order valence-corrected chi connectivity index (χ3v) is 6.31. The number of pyridine rings is 1. The molecule has 0 aliphatic carbocycles. The van der Waals surface area contributed by atoms with Crippen LogP contribution in [0, 0.1) is 5.82 Å². The van der Waals surface area contributed by atoms with E-state index >= 15 is 0 Å². The fourth-order valence-corrected chi connectivity index (χ4v) is 4.28. The molecule has 0 spiro atoms. The second-order valence-electron chi connectivity index (χ2n) is 7.68. The molecule has 0 saturated heterocycles. The number of hydrogen-bond acceptors (Lipinski definition) is 5. The summed E-state index contributed by atoms with van der Waals surface area (Å²) in [7, 11) is -3.74. The molecule has 0 fully saturated rings. The van der Waals surface area contributed by atoms with E-state index in [2.05, 4.69) is 15.6 Å². The molecule has 34 heavy (non-hydrogen) atoms. The highest BCUT2D eigenvalue weighted by Gasteiger charge is 2.21. The van der Waals surface area contributed by atoms with E-state index in [4.69, 9.17) is 0 Å². The summed E-state index contributed by atoms with van der Waals surface area (Å²) in [6.07, 6.45) is 4.32. The normalized spacial score (nSPS) is 11.2. The van der Waals surface area contributed by atoms with Crippen molar-refractivity contribution < 1.29 is 22.4 Å². The summed E-state index contributed by atoms with van der Waals surface area (Å²) in [5, 5.41) is 7.12. The Kier molecular flexibility index (Phi) is 6.38. The molecule has 1 heterocycles. The van der Waals surface area contributed by atoms with Gasteiger partial charge in [0.2, 0.25) is 0 Å². The Labute approximate surface area is 195 Å². The second-order valence-corrected chi connectivity index (χ2v) is 9.67. The number of hydrogen-bond donors (Lipinski definition) is 2. The lowest BCUT2D eigenvalue weighted by atomic mass is 10.1. The van der Waals surface area contributed by atoms with Crippen LogP contribution in [0.3, 0.4) is 0 Å². The third kappa shape index (κ3) is 5.26. The molecule has 4 rings (SSSR count). The average Bonchev–Trinajstić information content (AvgIpc) is 2.82. The molecule has 0 aliphatic heterocycles. The van der Waals surface area contributed by atoms with Crippen LogP contribution in [0.15, 0.2) is 84.0 Å². The Morgan fingerprint density at radius 3 is 2.41 bits per heavy atom. The van der Waals surface area contributed by atoms with Crippen LogP contribution in [0.25, 0.3) is 10.8 Å². The Hall–Kier alpha value is -4.11. The molecule has 0 bridgehead atoms. The van der Waals surface area contributed by atoms with Crippen LogP contribution in [0.2, 0.25) is 0 Å². The molecule has 7 nitrogen and oxygen atoms in total. The van der Waals surface area contributed by atoms with Gasteiger partial charge >= 0.3 is 0 Å². The lowest BCUT2D eigenvalue weighted by Gasteiger charge is -2.12. The number of carbonyl (C=O) groups is 2. The van der Waals surface area contributed by atoms with E-state index < -0.39 is 21.7 Å². The first kappa shape index (κ1) is 23.1. The molecule has 4 aromatic rings.